The van der Waals surface area contributed by atoms with E-state index < -0.39 is 5.97 Å². The lowest BCUT2D eigenvalue weighted by Crippen LogP contribution is -2.08. The van der Waals surface area contributed by atoms with Crippen LogP contribution < -0.4 is 0 Å². The summed E-state index contributed by atoms with van der Waals surface area (Å²) in [5, 5.41) is 6.50. The van der Waals surface area contributed by atoms with Crippen LogP contribution in [0.4, 0.5) is 0 Å². The third kappa shape index (κ3) is 4.55. The highest BCUT2D eigenvalue weighted by atomic mass is 32.1. The molecule has 150 valence electrons. The molecule has 2 aromatic heterocycles. The second kappa shape index (κ2) is 9.33. The maximum Gasteiger partial charge on any atom is 0.342 e. The van der Waals surface area contributed by atoms with Crippen molar-refractivity contribution in [3.05, 3.63) is 94.8 Å². The number of nitrogens with zero attached hydrogens (tertiary/aromatic N) is 2. The van der Waals surface area contributed by atoms with Gasteiger partial charge in [0.2, 0.25) is 0 Å². The number of Topliss-reactive ketones (excluding diaryl/α,β-unsaturated/α-hetero) is 1. The summed E-state index contributed by atoms with van der Waals surface area (Å²) in [4.78, 5) is 25.6. The number of aromatic nitrogens is 2. The molecule has 0 aliphatic heterocycles. The molecule has 2 heterocycles. The van der Waals surface area contributed by atoms with Gasteiger partial charge >= 0.3 is 5.97 Å². The molecule has 0 amide bonds. The lowest BCUT2D eigenvalue weighted by atomic mass is 10.1. The summed E-state index contributed by atoms with van der Waals surface area (Å²) in [5.74, 6) is -0.373. The van der Waals surface area contributed by atoms with Crippen LogP contribution in [0.2, 0.25) is 0 Å². The smallest absolute Gasteiger partial charge is 0.342 e. The van der Waals surface area contributed by atoms with Crippen molar-refractivity contribution in [3.63, 3.8) is 0 Å². The van der Waals surface area contributed by atoms with Crippen LogP contribution >= 0.6 is 11.3 Å². The molecule has 5 nitrogen and oxygen atoms in total. The lowest BCUT2D eigenvalue weighted by molar-refractivity contribution is 0.0495. The highest BCUT2D eigenvalue weighted by molar-refractivity contribution is 7.12. The summed E-state index contributed by atoms with van der Waals surface area (Å²) in [6, 6.07) is 22.8. The van der Waals surface area contributed by atoms with Crippen molar-refractivity contribution in [2.45, 2.75) is 12.8 Å². The Hall–Kier alpha value is -3.51. The van der Waals surface area contributed by atoms with Crippen LogP contribution in [0.25, 0.3) is 16.9 Å². The normalized spacial score (nSPS) is 10.7. The minimum Gasteiger partial charge on any atom is -0.462 e. The van der Waals surface area contributed by atoms with Gasteiger partial charge in [-0.1, -0.05) is 54.6 Å². The lowest BCUT2D eigenvalue weighted by Gasteiger charge is -2.04. The van der Waals surface area contributed by atoms with Crippen LogP contribution in [0.3, 0.4) is 0 Å². The second-order valence-corrected chi connectivity index (χ2v) is 7.63. The fourth-order valence-electron chi connectivity index (χ4n) is 3.08. The van der Waals surface area contributed by atoms with Crippen molar-refractivity contribution in [1.29, 1.82) is 0 Å². The zero-order chi connectivity index (χ0) is 20.8. The summed E-state index contributed by atoms with van der Waals surface area (Å²) < 4.78 is 7.15. The molecule has 0 N–H and O–H groups in total. The first-order chi connectivity index (χ1) is 14.7. The van der Waals surface area contributed by atoms with Crippen LogP contribution in [0.1, 0.15) is 32.9 Å². The van der Waals surface area contributed by atoms with E-state index in [0.717, 1.165) is 16.1 Å². The van der Waals surface area contributed by atoms with Crippen molar-refractivity contribution in [2.75, 3.05) is 6.61 Å². The van der Waals surface area contributed by atoms with Gasteiger partial charge in [-0.3, -0.25) is 4.79 Å². The Bertz CT molecular complexity index is 1120. The average Bonchev–Trinajstić information content (AvgIpc) is 3.48. The van der Waals surface area contributed by atoms with E-state index >= 15 is 0 Å². The van der Waals surface area contributed by atoms with E-state index in [1.165, 1.54) is 11.3 Å². The first-order valence-corrected chi connectivity index (χ1v) is 10.5. The molecule has 0 radical (unpaired) electrons. The molecule has 30 heavy (non-hydrogen) atoms. The third-order valence-electron chi connectivity index (χ3n) is 4.58. The van der Waals surface area contributed by atoms with Gasteiger partial charge in [-0.2, -0.15) is 5.10 Å². The van der Waals surface area contributed by atoms with Crippen molar-refractivity contribution < 1.29 is 14.3 Å². The average molecular weight is 417 g/mol. The highest BCUT2D eigenvalue weighted by Gasteiger charge is 2.20. The van der Waals surface area contributed by atoms with E-state index in [9.17, 15) is 9.59 Å². The van der Waals surface area contributed by atoms with E-state index in [1.54, 1.807) is 10.9 Å². The molecule has 0 saturated heterocycles. The van der Waals surface area contributed by atoms with Gasteiger partial charge in [-0.25, -0.2) is 9.48 Å². The van der Waals surface area contributed by atoms with Gasteiger partial charge in [0.15, 0.2) is 5.78 Å². The molecule has 2 aromatic carbocycles. The molecule has 0 spiro atoms. The monoisotopic (exact) mass is 416 g/mol. The van der Waals surface area contributed by atoms with E-state index in [0.29, 0.717) is 24.1 Å². The van der Waals surface area contributed by atoms with Crippen LogP contribution in [-0.4, -0.2) is 28.1 Å². The number of hydrogen-bond donors (Lipinski definition) is 0. The molecule has 6 heteroatoms. The van der Waals surface area contributed by atoms with Gasteiger partial charge < -0.3 is 4.74 Å². The van der Waals surface area contributed by atoms with Crippen LogP contribution in [0, 0.1) is 0 Å². The third-order valence-corrected chi connectivity index (χ3v) is 5.49. The summed E-state index contributed by atoms with van der Waals surface area (Å²) in [6.45, 7) is 0.181. The first kappa shape index (κ1) is 19.8. The van der Waals surface area contributed by atoms with Crippen molar-refractivity contribution in [1.82, 2.24) is 9.78 Å². The molecule has 0 atom stereocenters. The van der Waals surface area contributed by atoms with Gasteiger partial charge in [-0.15, -0.1) is 11.3 Å². The van der Waals surface area contributed by atoms with E-state index in [-0.39, 0.29) is 12.4 Å². The molecule has 0 saturated carbocycles. The maximum atomic E-state index is 12.8. The SMILES string of the molecule is O=C(CCCOC(=O)c1cn(-c2ccccc2)nc1-c1ccccc1)c1cccs1. The number of rotatable bonds is 8. The molecule has 4 aromatic rings. The summed E-state index contributed by atoms with van der Waals surface area (Å²) in [7, 11) is 0. The Morgan fingerprint density at radius 1 is 0.933 bits per heavy atom. The number of benzene rings is 2. The largest absolute Gasteiger partial charge is 0.462 e. The van der Waals surface area contributed by atoms with Gasteiger partial charge in [0.05, 0.1) is 17.2 Å². The maximum absolute atomic E-state index is 12.8. The van der Waals surface area contributed by atoms with Crippen LogP contribution in [0.15, 0.2) is 84.4 Å². The number of para-hydroxylation sites is 1. The fourth-order valence-corrected chi connectivity index (χ4v) is 3.78. The van der Waals surface area contributed by atoms with Crippen molar-refractivity contribution in [3.8, 4) is 16.9 Å². The fraction of sp³-hybridized carbons (Fsp3) is 0.125. The second-order valence-electron chi connectivity index (χ2n) is 6.68. The Labute approximate surface area is 178 Å². The molecular weight excluding hydrogens is 396 g/mol. The topological polar surface area (TPSA) is 61.2 Å². The number of ketones is 1. The predicted molar refractivity (Wildman–Crippen MR) is 117 cm³/mol. The Morgan fingerprint density at radius 3 is 2.37 bits per heavy atom. The predicted octanol–water partition coefficient (Wildman–Crippen LogP) is 5.42. The zero-order valence-electron chi connectivity index (χ0n) is 16.2. The van der Waals surface area contributed by atoms with E-state index in [1.807, 2.05) is 78.2 Å². The number of esters is 1. The standard InChI is InChI=1S/C24H20N2O3S/c27-21(22-14-8-16-30-22)13-7-15-29-24(28)20-17-26(19-11-5-2-6-12-19)25-23(20)18-9-3-1-4-10-18/h1-6,8-12,14,16-17H,7,13,15H2. The number of ether oxygens (including phenoxy) is 1. The van der Waals surface area contributed by atoms with Gasteiger partial charge in [-0.05, 0) is 30.0 Å². The Kier molecular flexibility index (Phi) is 6.15. The van der Waals surface area contributed by atoms with Crippen molar-refractivity contribution >= 4 is 23.1 Å². The number of hydrogen-bond acceptors (Lipinski definition) is 5. The Morgan fingerprint density at radius 2 is 1.67 bits per heavy atom. The van der Waals surface area contributed by atoms with Gasteiger partial charge in [0, 0.05) is 18.2 Å². The minimum atomic E-state index is -0.445. The molecular formula is C24H20N2O3S. The van der Waals surface area contributed by atoms with Crippen LogP contribution in [-0.2, 0) is 4.74 Å². The van der Waals surface area contributed by atoms with Gasteiger partial charge in [0.25, 0.3) is 0 Å². The van der Waals surface area contributed by atoms with Crippen molar-refractivity contribution in [2.24, 2.45) is 0 Å². The number of carbonyl (C=O) groups is 2. The highest BCUT2D eigenvalue weighted by Crippen LogP contribution is 2.24. The minimum absolute atomic E-state index is 0.0721. The first-order valence-electron chi connectivity index (χ1n) is 9.67. The summed E-state index contributed by atoms with van der Waals surface area (Å²) in [6.07, 6.45) is 2.52. The van der Waals surface area contributed by atoms with Crippen LogP contribution in [0.5, 0.6) is 0 Å². The molecule has 0 unspecified atom stereocenters. The van der Waals surface area contributed by atoms with E-state index in [4.69, 9.17) is 4.74 Å². The Balaban J connectivity index is 1.48. The summed E-state index contributed by atoms with van der Waals surface area (Å²) >= 11 is 1.42. The van der Waals surface area contributed by atoms with Gasteiger partial charge in [0.1, 0.15) is 11.3 Å². The molecule has 0 bridgehead atoms. The number of carbonyl (C=O) groups excluding carboxylic acids is 2. The zero-order valence-corrected chi connectivity index (χ0v) is 17.0. The molecule has 0 aliphatic carbocycles. The molecule has 0 fully saturated rings. The molecule has 4 rings (SSSR count). The molecule has 0 aliphatic rings. The van der Waals surface area contributed by atoms with E-state index in [2.05, 4.69) is 5.10 Å². The number of thiophene rings is 1. The quantitative estimate of drug-likeness (QED) is 0.219. The summed E-state index contributed by atoms with van der Waals surface area (Å²) in [5.41, 5.74) is 2.66.